The maximum absolute atomic E-state index is 15.0. The number of para-hydroxylation sites is 1. The van der Waals surface area contributed by atoms with E-state index in [1.807, 2.05) is 42.8 Å². The van der Waals surface area contributed by atoms with Crippen molar-refractivity contribution >= 4 is 42.6 Å². The summed E-state index contributed by atoms with van der Waals surface area (Å²) in [6.45, 7) is 16.7. The smallest absolute Gasteiger partial charge is 0.346 e. The number of piperazine rings is 1. The van der Waals surface area contributed by atoms with E-state index in [-0.39, 0.29) is 39.7 Å². The monoisotopic (exact) mass is 608 g/mol. The molecule has 2 aromatic carbocycles. The Morgan fingerprint density at radius 3 is 2.43 bits per heavy atom. The number of fused-ring (bicyclic) bond motifs is 1. The van der Waals surface area contributed by atoms with Crippen molar-refractivity contribution in [2.75, 3.05) is 24.4 Å². The predicted molar refractivity (Wildman–Crippen MR) is 171 cm³/mol. The summed E-state index contributed by atoms with van der Waals surface area (Å²) in [5, 5.41) is 0.275. The Morgan fingerprint density at radius 2 is 1.76 bits per heavy atom. The number of rotatable bonds is 3. The molecule has 1 fully saturated rings. The van der Waals surface area contributed by atoms with Crippen LogP contribution in [0.4, 0.5) is 15.9 Å². The third kappa shape index (κ3) is 5.32. The zero-order valence-electron chi connectivity index (χ0n) is 24.8. The predicted octanol–water partition coefficient (Wildman–Crippen LogP) is 7.23. The van der Waals surface area contributed by atoms with Crippen LogP contribution in [0.5, 0.6) is 0 Å². The van der Waals surface area contributed by atoms with Crippen molar-refractivity contribution in [3.05, 3.63) is 89.2 Å². The van der Waals surface area contributed by atoms with Gasteiger partial charge in [0.05, 0.1) is 22.0 Å². The molecule has 0 spiro atoms. The molecule has 1 amide bonds. The van der Waals surface area contributed by atoms with Crippen molar-refractivity contribution in [3.8, 4) is 11.3 Å². The van der Waals surface area contributed by atoms with Crippen LogP contribution in [0.25, 0.3) is 11.3 Å². The standard InChI is InChI=1S/C32H37ClFN5O2P/c1-8-28(40)37-18-21(3)38(19-20(37)2)31-23-17-25(33)29(22-13-9-11-15-26(22)34)35-30(23)39(42(7,41)36-31)27-16-12-10-14-24(27)32(4,5)6/h8-17,20-21,41H,1,18-19H2,2-7H3/q+1/t20-,21+,42?/m1/s1. The van der Waals surface area contributed by atoms with Crippen molar-refractivity contribution in [1.82, 2.24) is 14.8 Å². The third-order valence-corrected chi connectivity index (χ3v) is 9.86. The molecule has 42 heavy (non-hydrogen) atoms. The molecule has 0 aliphatic carbocycles. The molecule has 3 aromatic rings. The first kappa shape index (κ1) is 30.1. The van der Waals surface area contributed by atoms with Crippen LogP contribution in [-0.4, -0.2) is 63.3 Å². The lowest BCUT2D eigenvalue weighted by Gasteiger charge is -2.46. The van der Waals surface area contributed by atoms with Crippen LogP contribution in [0.2, 0.25) is 5.02 Å². The second-order valence-corrected chi connectivity index (χ2v) is 14.8. The number of aromatic nitrogens is 1. The van der Waals surface area contributed by atoms with E-state index in [1.54, 1.807) is 35.8 Å². The Bertz CT molecular complexity index is 1590. The second kappa shape index (κ2) is 11.1. The van der Waals surface area contributed by atoms with Gasteiger partial charge in [0.25, 0.3) is 0 Å². The minimum atomic E-state index is -3.26. The summed E-state index contributed by atoms with van der Waals surface area (Å²) in [6, 6.07) is 15.8. The molecule has 3 atom stereocenters. The minimum Gasteiger partial charge on any atom is -0.346 e. The molecule has 1 N–H and O–H groups in total. The van der Waals surface area contributed by atoms with Gasteiger partial charge in [0.1, 0.15) is 12.5 Å². The van der Waals surface area contributed by atoms with Crippen molar-refractivity contribution in [2.45, 2.75) is 52.1 Å². The van der Waals surface area contributed by atoms with Gasteiger partial charge in [-0.2, -0.15) is 4.67 Å². The van der Waals surface area contributed by atoms with Gasteiger partial charge in [-0.15, -0.1) is 0 Å². The molecule has 1 unspecified atom stereocenters. The average Bonchev–Trinajstić information content (AvgIpc) is 2.93. The highest BCUT2D eigenvalue weighted by atomic mass is 35.5. The van der Waals surface area contributed by atoms with E-state index in [9.17, 15) is 9.69 Å². The number of anilines is 2. The summed E-state index contributed by atoms with van der Waals surface area (Å²) in [5.74, 6) is 0.461. The highest BCUT2D eigenvalue weighted by molar-refractivity contribution is 7.70. The van der Waals surface area contributed by atoms with Gasteiger partial charge in [-0.25, -0.2) is 14.3 Å². The molecular formula is C32H37ClFN5O2P+. The lowest BCUT2D eigenvalue weighted by molar-refractivity contribution is -0.130. The first-order valence-electron chi connectivity index (χ1n) is 14.0. The summed E-state index contributed by atoms with van der Waals surface area (Å²) < 4.78 is 21.9. The molecule has 5 rings (SSSR count). The topological polar surface area (TPSA) is 72.3 Å². The molecule has 220 valence electrons. The number of amidine groups is 1. The van der Waals surface area contributed by atoms with E-state index in [0.29, 0.717) is 30.3 Å². The van der Waals surface area contributed by atoms with Crippen molar-refractivity contribution < 1.29 is 14.1 Å². The van der Waals surface area contributed by atoms with Gasteiger partial charge >= 0.3 is 7.79 Å². The molecule has 0 saturated carbocycles. The molecule has 2 aliphatic rings. The molecule has 2 aliphatic heterocycles. The second-order valence-electron chi connectivity index (χ2n) is 12.1. The summed E-state index contributed by atoms with van der Waals surface area (Å²) in [7, 11) is -3.26. The number of benzene rings is 2. The van der Waals surface area contributed by atoms with Crippen molar-refractivity contribution in [1.29, 1.82) is 0 Å². The van der Waals surface area contributed by atoms with Gasteiger partial charge in [-0.05, 0) is 55.2 Å². The van der Waals surface area contributed by atoms with Crippen LogP contribution < -0.4 is 4.67 Å². The zero-order valence-corrected chi connectivity index (χ0v) is 26.5. The Kier molecular flexibility index (Phi) is 7.94. The lowest BCUT2D eigenvalue weighted by atomic mass is 9.86. The first-order valence-corrected chi connectivity index (χ1v) is 16.5. The van der Waals surface area contributed by atoms with Crippen molar-refractivity contribution in [2.24, 2.45) is 4.76 Å². The molecule has 10 heteroatoms. The number of carbonyl (C=O) groups excluding carboxylic acids is 1. The largest absolute Gasteiger partial charge is 0.358 e. The Hall–Kier alpha value is -3.32. The summed E-state index contributed by atoms with van der Waals surface area (Å²) in [5.41, 5.74) is 2.74. The van der Waals surface area contributed by atoms with Gasteiger partial charge in [-0.1, -0.05) is 74.0 Å². The molecule has 1 aromatic heterocycles. The maximum atomic E-state index is 15.0. The SMILES string of the molecule is C=CC(=O)N1C[C@H](C)N(C2=N[P+](C)(O)N(c3ccccc3C(C)(C)C)c3nc(-c4ccccc4F)c(Cl)cc32)C[C@H]1C. The van der Waals surface area contributed by atoms with E-state index in [0.717, 1.165) is 11.3 Å². The van der Waals surface area contributed by atoms with Gasteiger partial charge in [-0.3, -0.25) is 4.79 Å². The molecular weight excluding hydrogens is 572 g/mol. The van der Waals surface area contributed by atoms with Crippen LogP contribution in [0.15, 0.2) is 72.0 Å². The quantitative estimate of drug-likeness (QED) is 0.251. The third-order valence-electron chi connectivity index (χ3n) is 7.85. The van der Waals surface area contributed by atoms with Gasteiger partial charge in [0.15, 0.2) is 11.7 Å². The molecule has 3 heterocycles. The normalized spacial score (nSPS) is 22.5. The van der Waals surface area contributed by atoms with Crippen LogP contribution in [0.3, 0.4) is 0 Å². The van der Waals surface area contributed by atoms with Crippen molar-refractivity contribution in [3.63, 3.8) is 0 Å². The van der Waals surface area contributed by atoms with Crippen LogP contribution in [-0.2, 0) is 10.2 Å². The number of hydrogen-bond donors (Lipinski definition) is 1. The number of halogens is 2. The Balaban J connectivity index is 1.75. The highest BCUT2D eigenvalue weighted by Crippen LogP contribution is 2.65. The van der Waals surface area contributed by atoms with E-state index >= 15 is 4.39 Å². The van der Waals surface area contributed by atoms with E-state index < -0.39 is 13.6 Å². The number of nitrogens with zero attached hydrogens (tertiary/aromatic N) is 5. The molecule has 7 nitrogen and oxygen atoms in total. The minimum absolute atomic E-state index is 0.116. The van der Waals surface area contributed by atoms with E-state index in [2.05, 4.69) is 32.3 Å². The van der Waals surface area contributed by atoms with E-state index in [4.69, 9.17) is 21.3 Å². The van der Waals surface area contributed by atoms with Crippen LogP contribution in [0.1, 0.15) is 45.7 Å². The fourth-order valence-electron chi connectivity index (χ4n) is 5.77. The van der Waals surface area contributed by atoms with E-state index in [1.165, 1.54) is 12.1 Å². The fourth-order valence-corrected chi connectivity index (χ4v) is 7.79. The average molecular weight is 609 g/mol. The number of carbonyl (C=O) groups is 1. The fraction of sp³-hybridized carbons (Fsp3) is 0.344. The number of hydrogen-bond acceptors (Lipinski definition) is 6. The van der Waals surface area contributed by atoms with Gasteiger partial charge < -0.3 is 9.80 Å². The lowest BCUT2D eigenvalue weighted by Crippen LogP contribution is -2.59. The van der Waals surface area contributed by atoms with Gasteiger partial charge in [0, 0.05) is 30.7 Å². The Labute approximate surface area is 252 Å². The molecule has 1 saturated heterocycles. The zero-order chi connectivity index (χ0) is 30.6. The van der Waals surface area contributed by atoms with Gasteiger partial charge in [0.2, 0.25) is 5.91 Å². The summed E-state index contributed by atoms with van der Waals surface area (Å²) in [6.07, 6.45) is 1.33. The number of pyridine rings is 1. The Morgan fingerprint density at radius 1 is 1.10 bits per heavy atom. The number of amides is 1. The first-order chi connectivity index (χ1) is 19.7. The maximum Gasteiger partial charge on any atom is 0.358 e. The van der Waals surface area contributed by atoms with Crippen LogP contribution >= 0.6 is 19.4 Å². The highest BCUT2D eigenvalue weighted by Gasteiger charge is 2.51. The summed E-state index contributed by atoms with van der Waals surface area (Å²) in [4.78, 5) is 33.7. The summed E-state index contributed by atoms with van der Waals surface area (Å²) >= 11 is 6.85. The molecule has 0 bridgehead atoms. The molecule has 0 radical (unpaired) electrons. The van der Waals surface area contributed by atoms with Crippen LogP contribution in [0, 0.1) is 5.82 Å².